The Kier molecular flexibility index (Phi) is 4.36. The minimum atomic E-state index is -1.40. The monoisotopic (exact) mass is 282 g/mol. The van der Waals surface area contributed by atoms with Crippen LogP contribution < -0.4 is 9.31 Å². The third kappa shape index (κ3) is 3.84. The minimum Gasteiger partial charge on any atom is -0.501 e. The van der Waals surface area contributed by atoms with Crippen LogP contribution in [0.3, 0.4) is 0 Å². The predicted octanol–water partition coefficient (Wildman–Crippen LogP) is 3.43. The van der Waals surface area contributed by atoms with Crippen LogP contribution in [0.4, 0.5) is 0 Å². The van der Waals surface area contributed by atoms with Gasteiger partial charge in [0.2, 0.25) is 0 Å². The Morgan fingerprint density at radius 1 is 0.722 bits per heavy atom. The quantitative estimate of drug-likeness (QED) is 0.873. The number of rotatable bonds is 4. The van der Waals surface area contributed by atoms with Gasteiger partial charge in [0.25, 0.3) is 0 Å². The van der Waals surface area contributed by atoms with Gasteiger partial charge in [-0.3, -0.25) is 0 Å². The summed E-state index contributed by atoms with van der Waals surface area (Å²) in [5, 5.41) is 10.8. The molecule has 2 rings (SSSR count). The van der Waals surface area contributed by atoms with Crippen molar-refractivity contribution in [3.8, 4) is 11.5 Å². The summed E-state index contributed by atoms with van der Waals surface area (Å²) in [6.45, 7) is 0. The molecule has 2 aromatic carbocycles. The summed E-state index contributed by atoms with van der Waals surface area (Å²) >= 11 is 11.5. The Morgan fingerprint density at radius 3 is 1.39 bits per heavy atom. The first-order chi connectivity index (χ1) is 8.63. The summed E-state index contributed by atoms with van der Waals surface area (Å²) in [5.41, 5.74) is 0. The topological polar surface area (TPSA) is 38.7 Å². The van der Waals surface area contributed by atoms with Crippen LogP contribution in [0.25, 0.3) is 0 Å². The van der Waals surface area contributed by atoms with Crippen molar-refractivity contribution in [1.82, 2.24) is 0 Å². The zero-order valence-electron chi connectivity index (χ0n) is 9.22. The van der Waals surface area contributed by atoms with E-state index in [1.165, 1.54) is 0 Å². The predicted molar refractivity (Wildman–Crippen MR) is 72.1 cm³/mol. The molecule has 0 aromatic heterocycles. The SMILES string of the molecule is OB(Oc1ccc(Cl)cc1)Oc1ccc(Cl)cc1. The van der Waals surface area contributed by atoms with Crippen LogP contribution in [0, 0.1) is 0 Å². The van der Waals surface area contributed by atoms with Gasteiger partial charge in [0.05, 0.1) is 0 Å². The Balaban J connectivity index is 1.94. The summed E-state index contributed by atoms with van der Waals surface area (Å²) in [5.74, 6) is 0.918. The van der Waals surface area contributed by atoms with Crippen LogP contribution in [0.15, 0.2) is 48.5 Å². The highest BCUT2D eigenvalue weighted by Crippen LogP contribution is 2.18. The Hall–Kier alpha value is -1.36. The summed E-state index contributed by atoms with van der Waals surface area (Å²) in [7, 11) is -1.40. The molecule has 0 radical (unpaired) electrons. The van der Waals surface area contributed by atoms with Gasteiger partial charge >= 0.3 is 7.32 Å². The van der Waals surface area contributed by atoms with Crippen LogP contribution in [0.2, 0.25) is 10.0 Å². The molecule has 1 N–H and O–H groups in total. The van der Waals surface area contributed by atoms with E-state index in [0.29, 0.717) is 21.5 Å². The largest absolute Gasteiger partial charge is 0.785 e. The van der Waals surface area contributed by atoms with Crippen molar-refractivity contribution in [1.29, 1.82) is 0 Å². The number of hydrogen-bond donors (Lipinski definition) is 1. The van der Waals surface area contributed by atoms with Crippen LogP contribution in [0.1, 0.15) is 0 Å². The maximum Gasteiger partial charge on any atom is 0.785 e. The van der Waals surface area contributed by atoms with Gasteiger partial charge < -0.3 is 14.3 Å². The van der Waals surface area contributed by atoms with Gasteiger partial charge in [-0.15, -0.1) is 0 Å². The van der Waals surface area contributed by atoms with Crippen LogP contribution >= 0.6 is 23.2 Å². The van der Waals surface area contributed by atoms with Gasteiger partial charge in [0, 0.05) is 10.0 Å². The van der Waals surface area contributed by atoms with Crippen molar-refractivity contribution >= 4 is 30.5 Å². The van der Waals surface area contributed by atoms with Crippen molar-refractivity contribution in [3.63, 3.8) is 0 Å². The van der Waals surface area contributed by atoms with Crippen LogP contribution in [-0.4, -0.2) is 12.3 Å². The molecular weight excluding hydrogens is 274 g/mol. The lowest BCUT2D eigenvalue weighted by Gasteiger charge is -2.10. The summed E-state index contributed by atoms with van der Waals surface area (Å²) in [4.78, 5) is 0. The van der Waals surface area contributed by atoms with E-state index in [1.807, 2.05) is 0 Å². The third-order valence-corrected chi connectivity index (χ3v) is 2.61. The molecule has 0 bridgehead atoms. The molecule has 0 aliphatic heterocycles. The maximum absolute atomic E-state index is 9.58. The van der Waals surface area contributed by atoms with Gasteiger partial charge in [-0.2, -0.15) is 0 Å². The van der Waals surface area contributed by atoms with E-state index in [2.05, 4.69) is 0 Å². The second kappa shape index (κ2) is 6.00. The summed E-state index contributed by atoms with van der Waals surface area (Å²) in [6.07, 6.45) is 0. The van der Waals surface area contributed by atoms with Gasteiger partial charge in [-0.1, -0.05) is 23.2 Å². The second-order valence-corrected chi connectivity index (χ2v) is 4.32. The second-order valence-electron chi connectivity index (χ2n) is 3.45. The Bertz CT molecular complexity index is 454. The van der Waals surface area contributed by atoms with Crippen LogP contribution in [-0.2, 0) is 0 Å². The standard InChI is InChI=1S/C12H9BCl2O3/c14-9-1-5-11(6-2-9)17-13(16)18-12-7-3-10(15)4-8-12/h1-8,16H. The van der Waals surface area contributed by atoms with E-state index in [9.17, 15) is 5.02 Å². The maximum atomic E-state index is 9.58. The van der Waals surface area contributed by atoms with Gasteiger partial charge in [0.15, 0.2) is 0 Å². The highest BCUT2D eigenvalue weighted by atomic mass is 35.5. The fraction of sp³-hybridized carbons (Fsp3) is 0. The van der Waals surface area contributed by atoms with E-state index in [-0.39, 0.29) is 0 Å². The molecule has 6 heteroatoms. The lowest BCUT2D eigenvalue weighted by molar-refractivity contribution is 0.298. The molecule has 0 unspecified atom stereocenters. The average Bonchev–Trinajstić information content (AvgIpc) is 2.35. The molecular formula is C12H9BCl2O3. The molecule has 0 fully saturated rings. The van der Waals surface area contributed by atoms with E-state index < -0.39 is 7.32 Å². The van der Waals surface area contributed by atoms with Crippen LogP contribution in [0.5, 0.6) is 11.5 Å². The lowest BCUT2D eigenvalue weighted by atomic mass is 10.2. The molecule has 0 heterocycles. The van der Waals surface area contributed by atoms with Crippen molar-refractivity contribution in [2.75, 3.05) is 0 Å². The molecule has 0 atom stereocenters. The number of benzene rings is 2. The molecule has 2 aromatic rings. The fourth-order valence-electron chi connectivity index (χ4n) is 1.28. The van der Waals surface area contributed by atoms with E-state index >= 15 is 0 Å². The number of hydrogen-bond acceptors (Lipinski definition) is 3. The van der Waals surface area contributed by atoms with Crippen molar-refractivity contribution in [3.05, 3.63) is 58.6 Å². The molecule has 0 spiro atoms. The lowest BCUT2D eigenvalue weighted by Crippen LogP contribution is -2.29. The smallest absolute Gasteiger partial charge is 0.501 e. The van der Waals surface area contributed by atoms with Crippen molar-refractivity contribution in [2.45, 2.75) is 0 Å². The third-order valence-electron chi connectivity index (χ3n) is 2.10. The average molecular weight is 283 g/mol. The molecule has 0 aliphatic carbocycles. The normalized spacial score (nSPS) is 9.94. The molecule has 3 nitrogen and oxygen atoms in total. The molecule has 0 amide bonds. The molecule has 18 heavy (non-hydrogen) atoms. The highest BCUT2D eigenvalue weighted by Gasteiger charge is 2.20. The van der Waals surface area contributed by atoms with Gasteiger partial charge in [0.1, 0.15) is 11.5 Å². The first-order valence-corrected chi connectivity index (χ1v) is 5.91. The summed E-state index contributed by atoms with van der Waals surface area (Å²) in [6, 6.07) is 13.2. The fourth-order valence-corrected chi connectivity index (χ4v) is 1.54. The molecule has 92 valence electrons. The van der Waals surface area contributed by atoms with Gasteiger partial charge in [-0.05, 0) is 48.5 Å². The molecule has 0 saturated heterocycles. The zero-order chi connectivity index (χ0) is 13.0. The van der Waals surface area contributed by atoms with Crippen molar-refractivity contribution in [2.24, 2.45) is 0 Å². The zero-order valence-corrected chi connectivity index (χ0v) is 10.7. The molecule has 0 saturated carbocycles. The molecule has 0 aliphatic rings. The first-order valence-electron chi connectivity index (χ1n) is 5.16. The highest BCUT2D eigenvalue weighted by molar-refractivity contribution is 6.36. The Morgan fingerprint density at radius 2 is 1.06 bits per heavy atom. The van der Waals surface area contributed by atoms with E-state index in [1.54, 1.807) is 48.5 Å². The number of halogens is 2. The van der Waals surface area contributed by atoms with Crippen molar-refractivity contribution < 1.29 is 14.3 Å². The summed E-state index contributed by atoms with van der Waals surface area (Å²) < 4.78 is 10.3. The minimum absolute atomic E-state index is 0.459. The van der Waals surface area contributed by atoms with Gasteiger partial charge in [-0.25, -0.2) is 0 Å². The van der Waals surface area contributed by atoms with E-state index in [4.69, 9.17) is 32.5 Å². The Labute approximate surface area is 115 Å². The first kappa shape index (κ1) is 13.1. The van der Waals surface area contributed by atoms with E-state index in [0.717, 1.165) is 0 Å².